The fourth-order valence-electron chi connectivity index (χ4n) is 0. The van der Waals surface area contributed by atoms with Gasteiger partial charge in [-0.25, -0.2) is 0 Å². The first-order valence-electron chi connectivity index (χ1n) is 0. The molecule has 8 heavy (non-hydrogen) atoms. The van der Waals surface area contributed by atoms with Crippen LogP contribution >= 0.6 is 0 Å². The third-order valence-electron chi connectivity index (χ3n) is 0. The summed E-state index contributed by atoms with van der Waals surface area (Å²) >= 11 is 0. The Hall–Kier alpha value is 2.09. The van der Waals surface area contributed by atoms with E-state index in [9.17, 15) is 0 Å². The van der Waals surface area contributed by atoms with Crippen LogP contribution in [0.15, 0.2) is 0 Å². The zero-order valence-electron chi connectivity index (χ0n) is 2.95. The van der Waals surface area contributed by atoms with Crippen LogP contribution in [-0.4, -0.2) is 0 Å². The van der Waals surface area contributed by atoms with Crippen molar-refractivity contribution >= 4 is 0 Å². The minimum absolute atomic E-state index is 0. The molecule has 69 valence electrons. The summed E-state index contributed by atoms with van der Waals surface area (Å²) in [5.41, 5.74) is 0. The van der Waals surface area contributed by atoms with Crippen LogP contribution in [0.3, 0.4) is 0 Å². The second kappa shape index (κ2) is 136. The molecule has 0 aliphatic rings. The summed E-state index contributed by atoms with van der Waals surface area (Å²) in [5, 5.41) is 0. The molecule has 0 spiro atoms. The average Bonchev–Trinajstić information content (AvgIpc) is 0. The summed E-state index contributed by atoms with van der Waals surface area (Å²) in [7, 11) is 0. The summed E-state index contributed by atoms with van der Waals surface area (Å²) in [4.78, 5) is 0. The van der Waals surface area contributed by atoms with E-state index in [1.165, 1.54) is 0 Å². The molecule has 0 heterocycles. The molecule has 0 fully saturated rings. The molecular weight excluding hydrogens is 438 g/mol. The zero-order chi connectivity index (χ0) is 0. The third-order valence-corrected chi connectivity index (χ3v) is 0. The van der Waals surface area contributed by atoms with E-state index in [0.29, 0.717) is 0 Å². The van der Waals surface area contributed by atoms with Gasteiger partial charge in [0.05, 0.1) is 0 Å². The number of rotatable bonds is 0. The van der Waals surface area contributed by atoms with E-state index in [0.717, 1.165) is 0 Å². The quantitative estimate of drug-likeness (QED) is 0.455. The Morgan fingerprint density at radius 3 is 0.500 bits per heavy atom. The smallest absolute Gasteiger partial charge is 1.00 e. The fourth-order valence-corrected chi connectivity index (χ4v) is 0. The van der Waals surface area contributed by atoms with Gasteiger partial charge in [0.2, 0.25) is 0 Å². The van der Waals surface area contributed by atoms with Gasteiger partial charge in [-0.05, 0) is 0 Å². The Morgan fingerprint density at radius 2 is 0.500 bits per heavy atom. The first-order chi connectivity index (χ1) is 0. The van der Waals surface area contributed by atoms with Crippen molar-refractivity contribution in [3.8, 4) is 0 Å². The van der Waals surface area contributed by atoms with E-state index in [2.05, 4.69) is 0 Å². The van der Waals surface area contributed by atoms with Crippen molar-refractivity contribution < 1.29 is 94.2 Å². The summed E-state index contributed by atoms with van der Waals surface area (Å²) < 4.78 is 0. The van der Waals surface area contributed by atoms with Crippen molar-refractivity contribution in [2.75, 3.05) is 0 Å². The second-order valence-electron chi connectivity index (χ2n) is 0. The molecule has 0 aliphatic carbocycles. The second-order valence-corrected chi connectivity index (χ2v) is 0. The molecule has 0 saturated heterocycles. The Kier molecular flexibility index (Phi) is 3260. The monoisotopic (exact) mass is 437 g/mol. The van der Waals surface area contributed by atoms with Crippen molar-refractivity contribution in [3.63, 3.8) is 0 Å². The molecule has 8 heteroatoms. The summed E-state index contributed by atoms with van der Waals surface area (Å²) in [5.74, 6) is 0. The van der Waals surface area contributed by atoms with E-state index < -0.39 is 0 Å². The molecule has 1 radical (unpaired) electrons. The minimum atomic E-state index is 0. The molecule has 0 rings (SSSR count). The summed E-state index contributed by atoms with van der Waals surface area (Å²) in [6, 6.07) is 0. The average molecular weight is 438 g/mol. The van der Waals surface area contributed by atoms with Gasteiger partial charge in [-0.2, -0.15) is 0 Å². The maximum Gasteiger partial charge on any atom is 1.00 e. The largest absolute Gasteiger partial charge is 2.00 e. The van der Waals surface area contributed by atoms with Crippen LogP contribution in [0.2, 0.25) is 0 Å². The van der Waals surface area contributed by atoms with Gasteiger partial charge < -0.3 is 21.9 Å². The molecule has 0 aromatic heterocycles. The first kappa shape index (κ1) is 191. The van der Waals surface area contributed by atoms with Crippen molar-refractivity contribution in [1.82, 2.24) is 0 Å². The topological polar surface area (TPSA) is 114 Å². The van der Waals surface area contributed by atoms with Crippen LogP contribution in [0.4, 0.5) is 0 Å². The predicted molar refractivity (Wildman–Crippen MR) is 2.75 cm³/mol. The van der Waals surface area contributed by atoms with E-state index >= 15 is 0 Å². The van der Waals surface area contributed by atoms with Crippen molar-refractivity contribution in [2.45, 2.75) is 0 Å². The molecule has 0 unspecified atom stereocenters. The third kappa shape index (κ3) is 93.3. The Balaban J connectivity index is 0. The number of hydrogen-bond acceptors (Lipinski definition) is 0. The van der Waals surface area contributed by atoms with E-state index in [-0.39, 0.29) is 94.2 Å². The van der Waals surface area contributed by atoms with Crippen molar-refractivity contribution in [2.24, 2.45) is 0 Å². The summed E-state index contributed by atoms with van der Waals surface area (Å²) in [6.45, 7) is 0. The van der Waals surface area contributed by atoms with Crippen LogP contribution in [-0.2, 0) is 94.2 Å². The molecule has 0 atom stereocenters. The van der Waals surface area contributed by atoms with Crippen LogP contribution in [0.25, 0.3) is 0 Å². The van der Waals surface area contributed by atoms with E-state index in [1.54, 1.807) is 0 Å². The summed E-state index contributed by atoms with van der Waals surface area (Å²) in [6.07, 6.45) is 0. The molecule has 4 nitrogen and oxygen atoms in total. The predicted octanol–water partition coefficient (Wildman–Crippen LogP) is -0.485. The number of hydrogen-bond donors (Lipinski definition) is 0. The molecule has 0 aliphatic heterocycles. The minimum Gasteiger partial charge on any atom is -2.00 e. The Labute approximate surface area is 93.5 Å². The molecule has 0 aromatic rings. The molecule has 0 bridgehead atoms. The van der Waals surface area contributed by atoms with Crippen LogP contribution in [0, 0.1) is 0 Å². The molecule has 0 aromatic carbocycles. The van der Waals surface area contributed by atoms with Crippen molar-refractivity contribution in [3.05, 3.63) is 0 Å². The van der Waals surface area contributed by atoms with Crippen LogP contribution in [0.1, 0.15) is 0 Å². The Bertz CT molecular complexity index is 11.2. The van der Waals surface area contributed by atoms with Gasteiger partial charge in [0.15, 0.2) is 0 Å². The van der Waals surface area contributed by atoms with Gasteiger partial charge in [-0.3, -0.25) is 0 Å². The molecule has 0 N–H and O–H groups in total. The van der Waals surface area contributed by atoms with Crippen LogP contribution < -0.4 is 0 Å². The van der Waals surface area contributed by atoms with Gasteiger partial charge in [0, 0.05) is 38.1 Å². The van der Waals surface area contributed by atoms with Crippen LogP contribution in [0.5, 0.6) is 0 Å². The van der Waals surface area contributed by atoms with Gasteiger partial charge in [-0.1, -0.05) is 0 Å². The molecule has 0 amide bonds. The standard InChI is InChI=1S/3Cu.4O.W/q;2*+1;4*-2;. The van der Waals surface area contributed by atoms with Gasteiger partial charge in [0.1, 0.15) is 0 Å². The van der Waals surface area contributed by atoms with Gasteiger partial charge >= 0.3 is 34.1 Å². The molecule has 0 saturated carbocycles. The molecular formula is Cu3O4W-6. The van der Waals surface area contributed by atoms with Gasteiger partial charge in [-0.15, -0.1) is 0 Å². The SMILES string of the molecule is [Cu+].[Cu+].[Cu].[O-2].[O-2].[O-2].[O-2].[W]. The van der Waals surface area contributed by atoms with Gasteiger partial charge in [0.25, 0.3) is 0 Å². The fraction of sp³-hybridized carbons (Fsp3) is 0. The normalized spacial score (nSPS) is 0. The van der Waals surface area contributed by atoms with E-state index in [1.807, 2.05) is 0 Å². The van der Waals surface area contributed by atoms with Crippen molar-refractivity contribution in [1.29, 1.82) is 0 Å². The maximum atomic E-state index is 0. The first-order valence-corrected chi connectivity index (χ1v) is 0. The van der Waals surface area contributed by atoms with E-state index in [4.69, 9.17) is 0 Å². The maximum absolute atomic E-state index is 0. The zero-order valence-corrected chi connectivity index (χ0v) is 8.70. The Morgan fingerprint density at radius 1 is 0.500 bits per heavy atom.